The highest BCUT2D eigenvalue weighted by Gasteiger charge is 2.29. The first-order valence-corrected chi connectivity index (χ1v) is 5.89. The van der Waals surface area contributed by atoms with Crippen LogP contribution in [0.3, 0.4) is 0 Å². The van der Waals surface area contributed by atoms with Crippen LogP contribution in [0.1, 0.15) is 0 Å². The van der Waals surface area contributed by atoms with Crippen molar-refractivity contribution in [3.05, 3.63) is 7.05 Å². The molecule has 1 heterocycles. The molecule has 0 spiro atoms. The molecule has 0 amide bonds. The predicted molar refractivity (Wildman–Crippen MR) is 74.2 cm³/mol. The second-order valence-electron chi connectivity index (χ2n) is 3.99. The van der Waals surface area contributed by atoms with Gasteiger partial charge in [0.2, 0.25) is 29.9 Å². The van der Waals surface area contributed by atoms with E-state index in [2.05, 4.69) is 27.3 Å². The van der Waals surface area contributed by atoms with Crippen molar-refractivity contribution < 1.29 is 39.6 Å². The average molecular weight is 343 g/mol. The lowest BCUT2D eigenvalue weighted by Gasteiger charge is -2.14. The topological polar surface area (TPSA) is 224 Å². The number of rotatable bonds is 9. The summed E-state index contributed by atoms with van der Waals surface area (Å²) in [6, 6.07) is -4.21. The Hall–Kier alpha value is -3.71. The lowest BCUT2D eigenvalue weighted by molar-refractivity contribution is -0.150. The monoisotopic (exact) mass is 343 g/mol. The zero-order valence-corrected chi connectivity index (χ0v) is 11.6. The van der Waals surface area contributed by atoms with Gasteiger partial charge in [0.15, 0.2) is 0 Å². The lowest BCUT2D eigenvalue weighted by atomic mass is 10.3. The number of aromatic nitrogens is 3. The first-order valence-electron chi connectivity index (χ1n) is 5.89. The first kappa shape index (κ1) is 18.3. The SMILES string of the molecule is [CH2]Nc1nc(NC(C(=O)O)C(=O)O)nc(NC(C(=O)O)C(=O)O)n1. The molecule has 14 nitrogen and oxygen atoms in total. The summed E-state index contributed by atoms with van der Waals surface area (Å²) in [6.45, 7) is 0. The maximum Gasteiger partial charge on any atom is 0.338 e. The number of nitrogens with zero attached hydrogens (tertiary/aromatic N) is 3. The Bertz CT molecular complexity index is 599. The Labute approximate surface area is 132 Å². The van der Waals surface area contributed by atoms with Crippen molar-refractivity contribution >= 4 is 41.7 Å². The minimum atomic E-state index is -2.10. The minimum Gasteiger partial charge on any atom is -0.479 e. The highest BCUT2D eigenvalue weighted by molar-refractivity contribution is 6.00. The van der Waals surface area contributed by atoms with E-state index in [1.807, 2.05) is 10.6 Å². The van der Waals surface area contributed by atoms with E-state index in [4.69, 9.17) is 20.4 Å². The molecule has 0 aromatic carbocycles. The van der Waals surface area contributed by atoms with Crippen LogP contribution in [0.25, 0.3) is 0 Å². The van der Waals surface area contributed by atoms with Crippen LogP contribution in [-0.4, -0.2) is 71.3 Å². The first-order chi connectivity index (χ1) is 11.1. The van der Waals surface area contributed by atoms with E-state index in [0.717, 1.165) is 0 Å². The van der Waals surface area contributed by atoms with E-state index in [1.54, 1.807) is 0 Å². The van der Waals surface area contributed by atoms with Crippen molar-refractivity contribution in [1.29, 1.82) is 0 Å². The fourth-order valence-electron chi connectivity index (χ4n) is 1.30. The fraction of sp³-hybridized carbons (Fsp3) is 0.200. The van der Waals surface area contributed by atoms with Gasteiger partial charge in [-0.3, -0.25) is 0 Å². The largest absolute Gasteiger partial charge is 0.479 e. The van der Waals surface area contributed by atoms with Gasteiger partial charge < -0.3 is 36.4 Å². The number of carboxylic acids is 4. The van der Waals surface area contributed by atoms with Gasteiger partial charge in [-0.1, -0.05) is 0 Å². The Morgan fingerprint density at radius 3 is 1.25 bits per heavy atom. The maximum atomic E-state index is 10.8. The molecule has 1 aromatic rings. The molecular weight excluding hydrogens is 332 g/mol. The van der Waals surface area contributed by atoms with Crippen LogP contribution in [0.4, 0.5) is 17.8 Å². The molecule has 0 aliphatic heterocycles. The molecule has 0 unspecified atom stereocenters. The van der Waals surface area contributed by atoms with Crippen LogP contribution in [0.5, 0.6) is 0 Å². The zero-order chi connectivity index (χ0) is 18.4. The van der Waals surface area contributed by atoms with Crippen molar-refractivity contribution in [3.63, 3.8) is 0 Å². The van der Waals surface area contributed by atoms with Crippen molar-refractivity contribution in [2.24, 2.45) is 0 Å². The van der Waals surface area contributed by atoms with Gasteiger partial charge in [0.25, 0.3) is 0 Å². The molecule has 0 saturated heterocycles. The van der Waals surface area contributed by atoms with Crippen LogP contribution in [0.15, 0.2) is 0 Å². The van der Waals surface area contributed by atoms with E-state index in [1.165, 1.54) is 0 Å². The normalized spacial score (nSPS) is 10.3. The van der Waals surface area contributed by atoms with Gasteiger partial charge in [-0.25, -0.2) is 19.2 Å². The van der Waals surface area contributed by atoms with E-state index in [-0.39, 0.29) is 5.95 Å². The molecule has 129 valence electrons. The van der Waals surface area contributed by atoms with Gasteiger partial charge in [-0.15, -0.1) is 0 Å². The molecule has 24 heavy (non-hydrogen) atoms. The number of anilines is 3. The van der Waals surface area contributed by atoms with Gasteiger partial charge >= 0.3 is 23.9 Å². The molecule has 0 aliphatic carbocycles. The summed E-state index contributed by atoms with van der Waals surface area (Å²) in [5.41, 5.74) is 0. The molecule has 0 saturated carbocycles. The molecule has 1 aromatic heterocycles. The number of carboxylic acid groups (broad SMARTS) is 4. The summed E-state index contributed by atoms with van der Waals surface area (Å²) in [6.07, 6.45) is 0. The number of carbonyl (C=O) groups is 4. The van der Waals surface area contributed by atoms with E-state index in [9.17, 15) is 19.2 Å². The molecule has 0 aliphatic rings. The summed E-state index contributed by atoms with van der Waals surface area (Å²) in [7, 11) is 3.21. The molecule has 1 radical (unpaired) electrons. The van der Waals surface area contributed by atoms with E-state index in [0.29, 0.717) is 0 Å². The smallest absolute Gasteiger partial charge is 0.338 e. The van der Waals surface area contributed by atoms with Crippen molar-refractivity contribution in [2.45, 2.75) is 12.1 Å². The average Bonchev–Trinajstić information content (AvgIpc) is 2.48. The maximum absolute atomic E-state index is 10.8. The molecule has 0 fully saturated rings. The van der Waals surface area contributed by atoms with Gasteiger partial charge in [0, 0.05) is 7.05 Å². The summed E-state index contributed by atoms with van der Waals surface area (Å²) < 4.78 is 0. The Balaban J connectivity index is 3.16. The van der Waals surface area contributed by atoms with Gasteiger partial charge in [-0.05, 0) is 0 Å². The summed E-state index contributed by atoms with van der Waals surface area (Å²) in [5, 5.41) is 41.2. The number of hydrogen-bond donors (Lipinski definition) is 7. The molecule has 0 bridgehead atoms. The van der Waals surface area contributed by atoms with Crippen molar-refractivity contribution in [2.75, 3.05) is 16.0 Å². The summed E-state index contributed by atoms with van der Waals surface area (Å²) in [4.78, 5) is 54.0. The number of nitrogens with one attached hydrogen (secondary N) is 3. The Morgan fingerprint density at radius 2 is 1.00 bits per heavy atom. The highest BCUT2D eigenvalue weighted by Crippen LogP contribution is 2.11. The molecular formula is C10H11N6O8. The van der Waals surface area contributed by atoms with Crippen LogP contribution in [-0.2, 0) is 19.2 Å². The van der Waals surface area contributed by atoms with E-state index < -0.39 is 47.9 Å². The third kappa shape index (κ3) is 4.65. The van der Waals surface area contributed by atoms with E-state index >= 15 is 0 Å². The van der Waals surface area contributed by atoms with Crippen LogP contribution in [0, 0.1) is 7.05 Å². The highest BCUT2D eigenvalue weighted by atomic mass is 16.4. The van der Waals surface area contributed by atoms with Crippen molar-refractivity contribution in [1.82, 2.24) is 15.0 Å². The fourth-order valence-corrected chi connectivity index (χ4v) is 1.30. The molecule has 0 atom stereocenters. The quantitative estimate of drug-likeness (QED) is 0.240. The minimum absolute atomic E-state index is 0.306. The third-order valence-corrected chi connectivity index (χ3v) is 2.33. The Morgan fingerprint density at radius 1 is 0.708 bits per heavy atom. The Kier molecular flexibility index (Phi) is 5.75. The summed E-state index contributed by atoms with van der Waals surface area (Å²) in [5.74, 6) is -8.40. The van der Waals surface area contributed by atoms with Gasteiger partial charge in [0.05, 0.1) is 0 Å². The number of hydrogen-bond acceptors (Lipinski definition) is 10. The molecule has 1 rings (SSSR count). The van der Waals surface area contributed by atoms with Crippen LogP contribution < -0.4 is 16.0 Å². The van der Waals surface area contributed by atoms with Crippen molar-refractivity contribution in [3.8, 4) is 0 Å². The second kappa shape index (κ2) is 7.52. The molecule has 7 N–H and O–H groups in total. The second-order valence-corrected chi connectivity index (χ2v) is 3.99. The summed E-state index contributed by atoms with van der Waals surface area (Å²) >= 11 is 0. The third-order valence-electron chi connectivity index (χ3n) is 2.33. The van der Waals surface area contributed by atoms with Crippen LogP contribution >= 0.6 is 0 Å². The number of aliphatic carboxylic acids is 4. The van der Waals surface area contributed by atoms with Gasteiger partial charge in [0.1, 0.15) is 0 Å². The standard InChI is InChI=1S/C10H11N6O8/c1-11-8-14-9(12-2(4(17)18)5(19)20)16-10(15-8)13-3(6(21)22)7(23)24/h2-3H,1H2,(H,17,18)(H,19,20)(H,21,22)(H,23,24)(H3,11,12,13,14,15,16). The van der Waals surface area contributed by atoms with Gasteiger partial charge in [-0.2, -0.15) is 15.0 Å². The van der Waals surface area contributed by atoms with Crippen LogP contribution in [0.2, 0.25) is 0 Å². The molecule has 14 heteroatoms. The predicted octanol–water partition coefficient (Wildman–Crippen LogP) is -2.03. The zero-order valence-electron chi connectivity index (χ0n) is 11.6. The lowest BCUT2D eigenvalue weighted by Crippen LogP contribution is -2.39.